The highest BCUT2D eigenvalue weighted by atomic mass is 35.5. The molecule has 0 bridgehead atoms. The van der Waals surface area contributed by atoms with Gasteiger partial charge in [0.05, 0.1) is 6.20 Å². The number of anilines is 2. The van der Waals surface area contributed by atoms with Gasteiger partial charge in [-0.3, -0.25) is 5.43 Å². The molecule has 5 nitrogen and oxygen atoms in total. The van der Waals surface area contributed by atoms with E-state index in [0.717, 1.165) is 18.3 Å². The lowest BCUT2D eigenvalue weighted by Crippen LogP contribution is -2.30. The number of nitrogen functional groups attached to an aromatic ring is 1. The third kappa shape index (κ3) is 2.36. The summed E-state index contributed by atoms with van der Waals surface area (Å²) in [6, 6.07) is 0. The van der Waals surface area contributed by atoms with Crippen LogP contribution in [0.1, 0.15) is 19.3 Å². The van der Waals surface area contributed by atoms with E-state index in [1.54, 1.807) is 6.20 Å². The molecule has 16 heavy (non-hydrogen) atoms. The van der Waals surface area contributed by atoms with Crippen molar-refractivity contribution < 1.29 is 0 Å². The second-order valence-corrected chi connectivity index (χ2v) is 4.59. The van der Waals surface area contributed by atoms with Gasteiger partial charge in [0, 0.05) is 13.6 Å². The number of hydrogen-bond acceptors (Lipinski definition) is 5. The molecule has 3 N–H and O–H groups in total. The minimum atomic E-state index is 0.389. The van der Waals surface area contributed by atoms with Gasteiger partial charge in [0.2, 0.25) is 5.95 Å². The van der Waals surface area contributed by atoms with Crippen molar-refractivity contribution in [3.05, 3.63) is 11.2 Å². The summed E-state index contributed by atoms with van der Waals surface area (Å²) in [6.45, 7) is 0.987. The molecular formula is C10H16ClN5. The largest absolute Gasteiger partial charge is 0.358 e. The maximum atomic E-state index is 6.06. The topological polar surface area (TPSA) is 67.1 Å². The summed E-state index contributed by atoms with van der Waals surface area (Å²) < 4.78 is 0. The fourth-order valence-corrected chi connectivity index (χ4v) is 2.08. The first-order valence-corrected chi connectivity index (χ1v) is 5.79. The molecule has 1 saturated carbocycles. The monoisotopic (exact) mass is 241 g/mol. The molecule has 0 saturated heterocycles. The fourth-order valence-electron chi connectivity index (χ4n) is 1.84. The van der Waals surface area contributed by atoms with Gasteiger partial charge in [0.25, 0.3) is 0 Å². The summed E-state index contributed by atoms with van der Waals surface area (Å²) in [5.41, 5.74) is 2.42. The predicted octanol–water partition coefficient (Wildman–Crippen LogP) is 1.65. The average Bonchev–Trinajstić information content (AvgIpc) is 2.24. The van der Waals surface area contributed by atoms with Crippen LogP contribution in [0, 0.1) is 5.92 Å². The summed E-state index contributed by atoms with van der Waals surface area (Å²) in [7, 11) is 1.99. The molecule has 1 aliphatic rings. The molecule has 0 radical (unpaired) electrons. The number of aromatic nitrogens is 2. The molecule has 0 atom stereocenters. The lowest BCUT2D eigenvalue weighted by Gasteiger charge is -2.31. The normalized spacial score (nSPS) is 15.7. The van der Waals surface area contributed by atoms with Crippen molar-refractivity contribution in [3.8, 4) is 0 Å². The maximum Gasteiger partial charge on any atom is 0.239 e. The van der Waals surface area contributed by atoms with Crippen LogP contribution in [0.5, 0.6) is 0 Å². The zero-order valence-corrected chi connectivity index (χ0v) is 10.0. The van der Waals surface area contributed by atoms with Crippen LogP contribution in [0.25, 0.3) is 0 Å². The van der Waals surface area contributed by atoms with Crippen molar-refractivity contribution in [1.29, 1.82) is 0 Å². The number of nitrogens with one attached hydrogen (secondary N) is 1. The van der Waals surface area contributed by atoms with Gasteiger partial charge in [-0.05, 0) is 18.8 Å². The lowest BCUT2D eigenvalue weighted by molar-refractivity contribution is 0.321. The average molecular weight is 242 g/mol. The standard InChI is InChI=1S/C10H16ClN5/c1-16(6-7-3-2-4-7)9-8(11)5-13-10(14-9)15-12/h5,7H,2-4,6,12H2,1H3,(H,13,14,15). The van der Waals surface area contributed by atoms with E-state index in [1.165, 1.54) is 19.3 Å². The number of hydrazine groups is 1. The number of hydrogen-bond donors (Lipinski definition) is 2. The smallest absolute Gasteiger partial charge is 0.239 e. The van der Waals surface area contributed by atoms with Gasteiger partial charge >= 0.3 is 0 Å². The highest BCUT2D eigenvalue weighted by Gasteiger charge is 2.21. The SMILES string of the molecule is CN(CC1CCC1)c1nc(NN)ncc1Cl. The second kappa shape index (κ2) is 4.84. The molecule has 1 heterocycles. The van der Waals surface area contributed by atoms with Gasteiger partial charge in [-0.1, -0.05) is 18.0 Å². The molecule has 2 rings (SSSR count). The minimum absolute atomic E-state index is 0.389. The zero-order chi connectivity index (χ0) is 11.5. The van der Waals surface area contributed by atoms with Crippen molar-refractivity contribution in [2.45, 2.75) is 19.3 Å². The third-order valence-corrected chi connectivity index (χ3v) is 3.24. The molecule has 1 fully saturated rings. The van der Waals surface area contributed by atoms with Crippen molar-refractivity contribution >= 4 is 23.4 Å². The Bertz CT molecular complexity index is 366. The maximum absolute atomic E-state index is 6.06. The Balaban J connectivity index is 2.10. The van der Waals surface area contributed by atoms with Gasteiger partial charge in [0.1, 0.15) is 5.02 Å². The van der Waals surface area contributed by atoms with E-state index < -0.39 is 0 Å². The molecule has 0 aliphatic heterocycles. The van der Waals surface area contributed by atoms with Gasteiger partial charge in [-0.25, -0.2) is 10.8 Å². The van der Waals surface area contributed by atoms with Crippen LogP contribution in [0.15, 0.2) is 6.20 Å². The lowest BCUT2D eigenvalue weighted by atomic mass is 9.85. The number of halogens is 1. The van der Waals surface area contributed by atoms with Crippen molar-refractivity contribution in [2.24, 2.45) is 11.8 Å². The van der Waals surface area contributed by atoms with Crippen LogP contribution in [0.3, 0.4) is 0 Å². The van der Waals surface area contributed by atoms with Gasteiger partial charge in [-0.15, -0.1) is 0 Å². The van der Waals surface area contributed by atoms with E-state index in [2.05, 4.69) is 20.3 Å². The number of nitrogens with zero attached hydrogens (tertiary/aromatic N) is 3. The van der Waals surface area contributed by atoms with E-state index in [1.807, 2.05) is 7.05 Å². The Kier molecular flexibility index (Phi) is 3.46. The van der Waals surface area contributed by atoms with Crippen molar-refractivity contribution in [2.75, 3.05) is 23.9 Å². The first kappa shape index (κ1) is 11.4. The molecule has 1 aliphatic carbocycles. The van der Waals surface area contributed by atoms with Crippen LogP contribution in [0.2, 0.25) is 5.02 Å². The molecule has 0 unspecified atom stereocenters. The predicted molar refractivity (Wildman–Crippen MR) is 65.5 cm³/mol. The number of nitrogens with two attached hydrogens (primary N) is 1. The molecule has 0 amide bonds. The first-order chi connectivity index (χ1) is 7.70. The van der Waals surface area contributed by atoms with Crippen LogP contribution < -0.4 is 16.2 Å². The Hall–Kier alpha value is -1.07. The highest BCUT2D eigenvalue weighted by molar-refractivity contribution is 6.32. The highest BCUT2D eigenvalue weighted by Crippen LogP contribution is 2.30. The van der Waals surface area contributed by atoms with E-state index in [0.29, 0.717) is 11.0 Å². The van der Waals surface area contributed by atoms with Crippen LogP contribution in [-0.4, -0.2) is 23.6 Å². The van der Waals surface area contributed by atoms with Gasteiger partial charge in [-0.2, -0.15) is 4.98 Å². The van der Waals surface area contributed by atoms with Crippen LogP contribution >= 0.6 is 11.6 Å². The van der Waals surface area contributed by atoms with Crippen molar-refractivity contribution in [1.82, 2.24) is 9.97 Å². The van der Waals surface area contributed by atoms with E-state index in [4.69, 9.17) is 17.4 Å². The summed E-state index contributed by atoms with van der Waals surface area (Å²) >= 11 is 6.06. The van der Waals surface area contributed by atoms with Gasteiger partial charge in [0.15, 0.2) is 5.82 Å². The number of rotatable bonds is 4. The molecule has 88 valence electrons. The Labute approximate surface area is 100.0 Å². The molecule has 0 spiro atoms. The van der Waals surface area contributed by atoms with Crippen LogP contribution in [0.4, 0.5) is 11.8 Å². The zero-order valence-electron chi connectivity index (χ0n) is 9.28. The van der Waals surface area contributed by atoms with Gasteiger partial charge < -0.3 is 4.90 Å². The van der Waals surface area contributed by atoms with E-state index in [9.17, 15) is 0 Å². The Morgan fingerprint density at radius 2 is 2.38 bits per heavy atom. The Morgan fingerprint density at radius 3 is 2.94 bits per heavy atom. The van der Waals surface area contributed by atoms with Crippen molar-refractivity contribution in [3.63, 3.8) is 0 Å². The quantitative estimate of drug-likeness (QED) is 0.620. The fraction of sp³-hybridized carbons (Fsp3) is 0.600. The molecular weight excluding hydrogens is 226 g/mol. The minimum Gasteiger partial charge on any atom is -0.358 e. The summed E-state index contributed by atoms with van der Waals surface area (Å²) in [5.74, 6) is 7.16. The molecule has 1 aromatic rings. The molecule has 0 aromatic carbocycles. The second-order valence-electron chi connectivity index (χ2n) is 4.19. The summed E-state index contributed by atoms with van der Waals surface area (Å²) in [5, 5.41) is 0.556. The Morgan fingerprint density at radius 1 is 1.62 bits per heavy atom. The molecule has 6 heteroatoms. The first-order valence-electron chi connectivity index (χ1n) is 5.41. The summed E-state index contributed by atoms with van der Waals surface area (Å²) in [6.07, 6.45) is 5.51. The van der Waals surface area contributed by atoms with Crippen LogP contribution in [-0.2, 0) is 0 Å². The molecule has 1 aromatic heterocycles. The summed E-state index contributed by atoms with van der Waals surface area (Å²) in [4.78, 5) is 10.3. The van der Waals surface area contributed by atoms with E-state index >= 15 is 0 Å². The van der Waals surface area contributed by atoms with E-state index in [-0.39, 0.29) is 0 Å². The third-order valence-electron chi connectivity index (χ3n) is 2.97.